The van der Waals surface area contributed by atoms with E-state index < -0.39 is 12.0 Å². The van der Waals surface area contributed by atoms with E-state index in [4.69, 9.17) is 21.1 Å². The smallest absolute Gasteiger partial charge is 0.338 e. The molecule has 1 aliphatic heterocycles. The molecule has 0 aromatic heterocycles. The van der Waals surface area contributed by atoms with Crippen molar-refractivity contribution >= 4 is 23.6 Å². The topological polar surface area (TPSA) is 76.7 Å². The number of halogens is 1. The van der Waals surface area contributed by atoms with Crippen molar-refractivity contribution in [3.63, 3.8) is 0 Å². The number of rotatable bonds is 8. The van der Waals surface area contributed by atoms with Crippen LogP contribution in [0.15, 0.2) is 59.8 Å². The lowest BCUT2D eigenvalue weighted by Crippen LogP contribution is -2.46. The largest absolute Gasteiger partial charge is 0.489 e. The maximum atomic E-state index is 12.7. The number of carbonyl (C=O) groups is 2. The molecule has 1 aliphatic rings. The molecule has 2 aromatic carbocycles. The van der Waals surface area contributed by atoms with E-state index in [-0.39, 0.29) is 12.6 Å². The minimum Gasteiger partial charge on any atom is -0.489 e. The number of benzene rings is 2. The number of hydrogen-bond donors (Lipinski definition) is 2. The van der Waals surface area contributed by atoms with Crippen LogP contribution in [0.4, 0.5) is 4.79 Å². The summed E-state index contributed by atoms with van der Waals surface area (Å²) in [6, 6.07) is 13.8. The van der Waals surface area contributed by atoms with Gasteiger partial charge in [-0.25, -0.2) is 9.59 Å². The molecule has 0 spiro atoms. The summed E-state index contributed by atoms with van der Waals surface area (Å²) in [6.45, 7) is 4.31. The highest BCUT2D eigenvalue weighted by molar-refractivity contribution is 6.31. The van der Waals surface area contributed by atoms with E-state index in [2.05, 4.69) is 10.6 Å². The van der Waals surface area contributed by atoms with Crippen LogP contribution >= 0.6 is 11.6 Å². The van der Waals surface area contributed by atoms with Crippen LogP contribution < -0.4 is 15.4 Å². The fourth-order valence-electron chi connectivity index (χ4n) is 3.33. The second-order valence-corrected chi connectivity index (χ2v) is 7.25. The zero-order valence-electron chi connectivity index (χ0n) is 17.0. The minimum absolute atomic E-state index is 0.253. The van der Waals surface area contributed by atoms with Gasteiger partial charge in [0.1, 0.15) is 12.4 Å². The van der Waals surface area contributed by atoms with E-state index >= 15 is 0 Å². The summed E-state index contributed by atoms with van der Waals surface area (Å²) in [4.78, 5) is 24.9. The van der Waals surface area contributed by atoms with E-state index in [0.717, 1.165) is 17.5 Å². The standard InChI is InChI=1S/C23H25ClN2O4/c1-3-8-19-20(22(27)29-4-2)21(26-23(28)25-19)15-10-7-11-17(13-15)30-14-16-9-5-6-12-18(16)24/h5-7,9-13,21H,3-4,8,14H2,1-2H3,(H2,25,26,28). The summed E-state index contributed by atoms with van der Waals surface area (Å²) in [5, 5.41) is 6.23. The van der Waals surface area contributed by atoms with Crippen molar-refractivity contribution in [1.82, 2.24) is 10.6 Å². The Labute approximate surface area is 181 Å². The molecule has 0 saturated heterocycles. The lowest BCUT2D eigenvalue weighted by molar-refractivity contribution is -0.139. The van der Waals surface area contributed by atoms with Crippen LogP contribution in [0, 0.1) is 0 Å². The Kier molecular flexibility index (Phi) is 7.36. The molecule has 30 heavy (non-hydrogen) atoms. The second kappa shape index (κ2) is 10.2. The van der Waals surface area contributed by atoms with Crippen molar-refractivity contribution < 1.29 is 19.1 Å². The van der Waals surface area contributed by atoms with Gasteiger partial charge in [-0.3, -0.25) is 0 Å². The molecule has 158 valence electrons. The van der Waals surface area contributed by atoms with Crippen molar-refractivity contribution in [2.24, 2.45) is 0 Å². The zero-order chi connectivity index (χ0) is 21.5. The maximum Gasteiger partial charge on any atom is 0.338 e. The molecule has 2 aromatic rings. The average molecular weight is 429 g/mol. The van der Waals surface area contributed by atoms with Gasteiger partial charge in [0.2, 0.25) is 0 Å². The third kappa shape index (κ3) is 5.13. The Morgan fingerprint density at radius 1 is 1.13 bits per heavy atom. The van der Waals surface area contributed by atoms with E-state index in [9.17, 15) is 9.59 Å². The zero-order valence-corrected chi connectivity index (χ0v) is 17.8. The van der Waals surface area contributed by atoms with Crippen LogP contribution in [0.5, 0.6) is 5.75 Å². The molecule has 1 unspecified atom stereocenters. The number of nitrogens with one attached hydrogen (secondary N) is 2. The fraction of sp³-hybridized carbons (Fsp3) is 0.304. The molecule has 1 heterocycles. The number of esters is 1. The summed E-state index contributed by atoms with van der Waals surface area (Å²) in [6.07, 6.45) is 1.35. The van der Waals surface area contributed by atoms with E-state index in [0.29, 0.717) is 35.1 Å². The van der Waals surface area contributed by atoms with Gasteiger partial charge in [-0.05, 0) is 37.1 Å². The molecule has 0 saturated carbocycles. The number of carbonyl (C=O) groups excluding carboxylic acids is 2. The number of hydrogen-bond acceptors (Lipinski definition) is 4. The van der Waals surface area contributed by atoms with Crippen molar-refractivity contribution in [2.75, 3.05) is 6.61 Å². The van der Waals surface area contributed by atoms with Crippen LogP contribution in [0.1, 0.15) is 43.9 Å². The van der Waals surface area contributed by atoms with Gasteiger partial charge >= 0.3 is 12.0 Å². The third-order valence-corrected chi connectivity index (χ3v) is 5.06. The highest BCUT2D eigenvalue weighted by atomic mass is 35.5. The Bertz CT molecular complexity index is 958. The van der Waals surface area contributed by atoms with Gasteiger partial charge in [-0.2, -0.15) is 0 Å². The van der Waals surface area contributed by atoms with Crippen LogP contribution in [0.3, 0.4) is 0 Å². The molecule has 0 bridgehead atoms. The molecular weight excluding hydrogens is 404 g/mol. The maximum absolute atomic E-state index is 12.7. The molecule has 0 aliphatic carbocycles. The second-order valence-electron chi connectivity index (χ2n) is 6.85. The molecule has 7 heteroatoms. The Hall–Kier alpha value is -2.99. The highest BCUT2D eigenvalue weighted by Gasteiger charge is 2.33. The molecule has 6 nitrogen and oxygen atoms in total. The Balaban J connectivity index is 1.89. The molecule has 0 fully saturated rings. The van der Waals surface area contributed by atoms with Crippen molar-refractivity contribution in [3.8, 4) is 5.75 Å². The van der Waals surface area contributed by atoms with E-state index in [1.807, 2.05) is 55.5 Å². The monoisotopic (exact) mass is 428 g/mol. The van der Waals surface area contributed by atoms with E-state index in [1.54, 1.807) is 6.92 Å². The minimum atomic E-state index is -0.622. The van der Waals surface area contributed by atoms with Gasteiger partial charge in [0.15, 0.2) is 0 Å². The lowest BCUT2D eigenvalue weighted by Gasteiger charge is -2.29. The number of urea groups is 1. The summed E-state index contributed by atoms with van der Waals surface area (Å²) in [5.74, 6) is 0.168. The predicted molar refractivity (Wildman–Crippen MR) is 115 cm³/mol. The summed E-state index contributed by atoms with van der Waals surface area (Å²) in [5.41, 5.74) is 2.61. The first-order chi connectivity index (χ1) is 14.5. The lowest BCUT2D eigenvalue weighted by atomic mass is 9.93. The third-order valence-electron chi connectivity index (χ3n) is 4.69. The van der Waals surface area contributed by atoms with Crippen LogP contribution in [0.25, 0.3) is 0 Å². The molecule has 2 N–H and O–H groups in total. The number of allylic oxidation sites excluding steroid dienone is 1. The molecule has 3 rings (SSSR count). The van der Waals surface area contributed by atoms with E-state index in [1.165, 1.54) is 0 Å². The van der Waals surface area contributed by atoms with Gasteiger partial charge in [0.05, 0.1) is 18.2 Å². The molecular formula is C23H25ClN2O4. The highest BCUT2D eigenvalue weighted by Crippen LogP contribution is 2.31. The Morgan fingerprint density at radius 2 is 1.93 bits per heavy atom. The van der Waals surface area contributed by atoms with Crippen molar-refractivity contribution in [2.45, 2.75) is 39.3 Å². The molecule has 2 amide bonds. The number of amides is 2. The van der Waals surface area contributed by atoms with Gasteiger partial charge in [-0.15, -0.1) is 0 Å². The normalized spacial score (nSPS) is 16.0. The van der Waals surface area contributed by atoms with Crippen LogP contribution in [-0.2, 0) is 16.1 Å². The summed E-state index contributed by atoms with van der Waals surface area (Å²) < 4.78 is 11.2. The average Bonchev–Trinajstić information content (AvgIpc) is 2.73. The van der Waals surface area contributed by atoms with Crippen molar-refractivity contribution in [3.05, 3.63) is 76.0 Å². The van der Waals surface area contributed by atoms with Crippen LogP contribution in [-0.4, -0.2) is 18.6 Å². The van der Waals surface area contributed by atoms with Gasteiger partial charge in [0.25, 0.3) is 0 Å². The fourth-order valence-corrected chi connectivity index (χ4v) is 3.52. The quantitative estimate of drug-likeness (QED) is 0.587. The number of ether oxygens (including phenoxy) is 2. The first-order valence-electron chi connectivity index (χ1n) is 9.97. The van der Waals surface area contributed by atoms with Gasteiger partial charge in [-0.1, -0.05) is 55.3 Å². The Morgan fingerprint density at radius 3 is 2.67 bits per heavy atom. The van der Waals surface area contributed by atoms with Crippen LogP contribution in [0.2, 0.25) is 5.02 Å². The predicted octanol–water partition coefficient (Wildman–Crippen LogP) is 4.89. The summed E-state index contributed by atoms with van der Waals surface area (Å²) in [7, 11) is 0. The first kappa shape index (κ1) is 21.7. The summed E-state index contributed by atoms with van der Waals surface area (Å²) >= 11 is 6.20. The SMILES string of the molecule is CCCC1=C(C(=O)OCC)C(c2cccc(OCc3ccccc3Cl)c2)NC(=O)N1. The van der Waals surface area contributed by atoms with Gasteiger partial charge in [0, 0.05) is 16.3 Å². The van der Waals surface area contributed by atoms with Gasteiger partial charge < -0.3 is 20.1 Å². The first-order valence-corrected chi connectivity index (χ1v) is 10.3. The molecule has 1 atom stereocenters. The molecule has 0 radical (unpaired) electrons. The van der Waals surface area contributed by atoms with Crippen molar-refractivity contribution in [1.29, 1.82) is 0 Å².